The molecule has 0 spiro atoms. The molecule has 26 heavy (non-hydrogen) atoms. The van der Waals surface area contributed by atoms with Crippen LogP contribution in [0.3, 0.4) is 0 Å². The van der Waals surface area contributed by atoms with E-state index in [-0.39, 0.29) is 5.91 Å². The monoisotopic (exact) mass is 362 g/mol. The summed E-state index contributed by atoms with van der Waals surface area (Å²) in [5.74, 6) is 2.51. The quantitative estimate of drug-likeness (QED) is 0.759. The van der Waals surface area contributed by atoms with Crippen molar-refractivity contribution in [1.82, 2.24) is 10.9 Å². The van der Waals surface area contributed by atoms with Gasteiger partial charge in [-0.3, -0.25) is 20.4 Å². The number of hydrogen-bond donors (Lipinski definition) is 2. The summed E-state index contributed by atoms with van der Waals surface area (Å²) in [4.78, 5) is 24.5. The van der Waals surface area contributed by atoms with Crippen molar-refractivity contribution in [2.45, 2.75) is 32.1 Å². The van der Waals surface area contributed by atoms with Crippen LogP contribution in [0.1, 0.15) is 42.5 Å². The number of rotatable bonds is 6. The fourth-order valence-corrected chi connectivity index (χ4v) is 4.33. The molecule has 3 atom stereocenters. The Morgan fingerprint density at radius 1 is 1.00 bits per heavy atom. The molecule has 7 nitrogen and oxygen atoms in total. The minimum Gasteiger partial charge on any atom is -0.493 e. The number of methoxy groups -OCH3 is 3. The molecule has 7 heteroatoms. The first kappa shape index (κ1) is 18.4. The molecule has 1 aromatic carbocycles. The van der Waals surface area contributed by atoms with Crippen LogP contribution in [-0.4, -0.2) is 33.1 Å². The molecule has 3 rings (SSSR count). The van der Waals surface area contributed by atoms with Crippen molar-refractivity contribution in [1.29, 1.82) is 0 Å². The number of nitrogens with one attached hydrogen (secondary N) is 2. The van der Waals surface area contributed by atoms with Crippen LogP contribution in [0.5, 0.6) is 17.2 Å². The van der Waals surface area contributed by atoms with Gasteiger partial charge in [-0.25, -0.2) is 0 Å². The lowest BCUT2D eigenvalue weighted by molar-refractivity contribution is -0.123. The minimum atomic E-state index is -0.439. The number of benzene rings is 1. The van der Waals surface area contributed by atoms with E-state index in [9.17, 15) is 9.59 Å². The standard InChI is InChI=1S/C19H26N2O5/c1-24-15-8-14(9-16(25-2)18(15)26-3)19(23)21-20-17(22)10-13-7-11-4-5-12(13)6-11/h8-9,11-13H,4-7,10H2,1-3H3,(H,20,22)(H,21,23)/t11-,12+,13-/m0/s1. The average Bonchev–Trinajstić information content (AvgIpc) is 3.27. The van der Waals surface area contributed by atoms with Crippen LogP contribution in [-0.2, 0) is 4.79 Å². The largest absolute Gasteiger partial charge is 0.493 e. The summed E-state index contributed by atoms with van der Waals surface area (Å²) >= 11 is 0. The smallest absolute Gasteiger partial charge is 0.269 e. The molecule has 2 aliphatic carbocycles. The van der Waals surface area contributed by atoms with Gasteiger partial charge in [-0.05, 0) is 49.1 Å². The van der Waals surface area contributed by atoms with Gasteiger partial charge < -0.3 is 14.2 Å². The van der Waals surface area contributed by atoms with Crippen molar-refractivity contribution in [2.75, 3.05) is 21.3 Å². The van der Waals surface area contributed by atoms with Crippen molar-refractivity contribution in [3.63, 3.8) is 0 Å². The van der Waals surface area contributed by atoms with Gasteiger partial charge in [0.15, 0.2) is 11.5 Å². The molecule has 2 fully saturated rings. The van der Waals surface area contributed by atoms with E-state index >= 15 is 0 Å². The first-order chi connectivity index (χ1) is 12.5. The first-order valence-electron chi connectivity index (χ1n) is 8.94. The number of fused-ring (bicyclic) bond motifs is 2. The molecular weight excluding hydrogens is 336 g/mol. The van der Waals surface area contributed by atoms with Crippen molar-refractivity contribution in [3.05, 3.63) is 17.7 Å². The van der Waals surface area contributed by atoms with Crippen molar-refractivity contribution < 1.29 is 23.8 Å². The number of hydrazine groups is 1. The fourth-order valence-electron chi connectivity index (χ4n) is 4.33. The second-order valence-electron chi connectivity index (χ2n) is 7.06. The molecule has 0 aliphatic heterocycles. The van der Waals surface area contributed by atoms with E-state index in [2.05, 4.69) is 10.9 Å². The van der Waals surface area contributed by atoms with E-state index in [4.69, 9.17) is 14.2 Å². The molecule has 2 N–H and O–H groups in total. The maximum atomic E-state index is 12.4. The highest BCUT2D eigenvalue weighted by atomic mass is 16.5. The van der Waals surface area contributed by atoms with Crippen LogP contribution < -0.4 is 25.1 Å². The van der Waals surface area contributed by atoms with E-state index in [1.165, 1.54) is 40.6 Å². The van der Waals surface area contributed by atoms with E-state index in [0.29, 0.717) is 41.1 Å². The van der Waals surface area contributed by atoms with Crippen LogP contribution in [0.4, 0.5) is 0 Å². The lowest BCUT2D eigenvalue weighted by atomic mass is 9.86. The van der Waals surface area contributed by atoms with Gasteiger partial charge in [0, 0.05) is 12.0 Å². The van der Waals surface area contributed by atoms with Crippen molar-refractivity contribution in [3.8, 4) is 17.2 Å². The third kappa shape index (κ3) is 3.71. The zero-order valence-electron chi connectivity index (χ0n) is 15.5. The van der Waals surface area contributed by atoms with Gasteiger partial charge >= 0.3 is 0 Å². The lowest BCUT2D eigenvalue weighted by Gasteiger charge is -2.21. The number of ether oxygens (including phenoxy) is 3. The zero-order chi connectivity index (χ0) is 18.7. The summed E-state index contributed by atoms with van der Waals surface area (Å²) < 4.78 is 15.7. The van der Waals surface area contributed by atoms with Gasteiger partial charge in [0.1, 0.15) is 0 Å². The Hall–Kier alpha value is -2.44. The summed E-state index contributed by atoms with van der Waals surface area (Å²) in [6, 6.07) is 3.08. The molecule has 2 saturated carbocycles. The van der Waals surface area contributed by atoms with Crippen molar-refractivity contribution in [2.24, 2.45) is 17.8 Å². The predicted molar refractivity (Wildman–Crippen MR) is 95.3 cm³/mol. The first-order valence-corrected chi connectivity index (χ1v) is 8.94. The molecule has 0 unspecified atom stereocenters. The third-order valence-electron chi connectivity index (χ3n) is 5.57. The molecule has 2 amide bonds. The van der Waals surface area contributed by atoms with Crippen molar-refractivity contribution >= 4 is 11.8 Å². The number of carbonyl (C=O) groups is 2. The normalized spacial score (nSPS) is 23.4. The lowest BCUT2D eigenvalue weighted by Crippen LogP contribution is -2.42. The van der Waals surface area contributed by atoms with Crippen LogP contribution in [0.25, 0.3) is 0 Å². The molecule has 0 saturated heterocycles. The van der Waals surface area contributed by atoms with Crippen LogP contribution in [0, 0.1) is 17.8 Å². The Bertz CT molecular complexity index is 666. The summed E-state index contributed by atoms with van der Waals surface area (Å²) in [6.45, 7) is 0. The molecule has 2 aliphatic rings. The summed E-state index contributed by atoms with van der Waals surface area (Å²) in [5, 5.41) is 0. The van der Waals surface area contributed by atoms with Crippen LogP contribution in [0.2, 0.25) is 0 Å². The van der Waals surface area contributed by atoms with Gasteiger partial charge in [-0.1, -0.05) is 6.42 Å². The Morgan fingerprint density at radius 2 is 1.69 bits per heavy atom. The molecule has 142 valence electrons. The molecule has 0 radical (unpaired) electrons. The zero-order valence-corrected chi connectivity index (χ0v) is 15.5. The highest BCUT2D eigenvalue weighted by molar-refractivity contribution is 5.96. The summed E-state index contributed by atoms with van der Waals surface area (Å²) in [6.07, 6.45) is 5.41. The van der Waals surface area contributed by atoms with E-state index in [0.717, 1.165) is 12.3 Å². The van der Waals surface area contributed by atoms with Gasteiger partial charge in [-0.2, -0.15) is 0 Å². The highest BCUT2D eigenvalue weighted by Gasteiger charge is 2.40. The maximum Gasteiger partial charge on any atom is 0.269 e. The van der Waals surface area contributed by atoms with Gasteiger partial charge in [0.2, 0.25) is 11.7 Å². The Kier molecular flexibility index (Phi) is 5.54. The van der Waals surface area contributed by atoms with E-state index in [1.807, 2.05) is 0 Å². The number of hydrogen-bond acceptors (Lipinski definition) is 5. The molecule has 0 aromatic heterocycles. The van der Waals surface area contributed by atoms with Gasteiger partial charge in [-0.15, -0.1) is 0 Å². The Balaban J connectivity index is 1.58. The average molecular weight is 362 g/mol. The number of amides is 2. The second-order valence-corrected chi connectivity index (χ2v) is 7.06. The van der Waals surface area contributed by atoms with Gasteiger partial charge in [0.25, 0.3) is 5.91 Å². The maximum absolute atomic E-state index is 12.4. The molecular formula is C19H26N2O5. The fraction of sp³-hybridized carbons (Fsp3) is 0.579. The molecule has 1 aromatic rings. The topological polar surface area (TPSA) is 85.9 Å². The van der Waals surface area contributed by atoms with Gasteiger partial charge in [0.05, 0.1) is 21.3 Å². The van der Waals surface area contributed by atoms with E-state index in [1.54, 1.807) is 12.1 Å². The highest BCUT2D eigenvalue weighted by Crippen LogP contribution is 2.49. The van der Waals surface area contributed by atoms with Crippen LogP contribution >= 0.6 is 0 Å². The third-order valence-corrected chi connectivity index (χ3v) is 5.57. The summed E-state index contributed by atoms with van der Waals surface area (Å²) in [7, 11) is 4.46. The Morgan fingerprint density at radius 3 is 2.19 bits per heavy atom. The van der Waals surface area contributed by atoms with Crippen LogP contribution in [0.15, 0.2) is 12.1 Å². The van der Waals surface area contributed by atoms with E-state index < -0.39 is 5.91 Å². The predicted octanol–water partition coefficient (Wildman–Crippen LogP) is 2.30. The molecule has 2 bridgehead atoms. The second kappa shape index (κ2) is 7.85. The summed E-state index contributed by atoms with van der Waals surface area (Å²) in [5.41, 5.74) is 5.29. The SMILES string of the molecule is COc1cc(C(=O)NNC(=O)C[C@@H]2C[C@H]3CC[C@@H]2C3)cc(OC)c1OC. The Labute approximate surface area is 153 Å². The molecule has 0 heterocycles. The number of carbonyl (C=O) groups excluding carboxylic acids is 2. The minimum absolute atomic E-state index is 0.150.